The Kier molecular flexibility index (Phi) is 8.49. The molecule has 5 heteroatoms. The molecule has 2 aromatic carbocycles. The Morgan fingerprint density at radius 1 is 1.00 bits per heavy atom. The van der Waals surface area contributed by atoms with Crippen LogP contribution < -0.4 is 10.6 Å². The summed E-state index contributed by atoms with van der Waals surface area (Å²) in [5.74, 6) is 0.241. The van der Waals surface area contributed by atoms with E-state index in [0.717, 1.165) is 49.2 Å². The lowest BCUT2D eigenvalue weighted by molar-refractivity contribution is -0.116. The molecule has 0 aliphatic carbocycles. The normalized spacial score (nSPS) is 12.7. The van der Waals surface area contributed by atoms with Crippen molar-refractivity contribution in [1.82, 2.24) is 5.32 Å². The van der Waals surface area contributed by atoms with Gasteiger partial charge in [-0.15, -0.1) is 12.4 Å². The van der Waals surface area contributed by atoms with Gasteiger partial charge >= 0.3 is 0 Å². The minimum Gasteiger partial charge on any atom is -0.326 e. The fraction of sp³-hybridized carbons (Fsp3) is 0.364. The van der Waals surface area contributed by atoms with E-state index in [1.807, 2.05) is 24.3 Å². The number of carbonyl (C=O) groups is 2. The van der Waals surface area contributed by atoms with E-state index in [9.17, 15) is 9.59 Å². The van der Waals surface area contributed by atoms with Crippen LogP contribution in [0, 0.1) is 0 Å². The average Bonchev–Trinajstić information content (AvgIpc) is 2.67. The van der Waals surface area contributed by atoms with E-state index in [4.69, 9.17) is 0 Å². The third-order valence-corrected chi connectivity index (χ3v) is 4.76. The summed E-state index contributed by atoms with van der Waals surface area (Å²) in [5, 5.41) is 6.29. The highest BCUT2D eigenvalue weighted by Crippen LogP contribution is 2.24. The molecule has 0 unspecified atom stereocenters. The number of anilines is 1. The number of Topliss-reactive ketones (excluding diaryl/α,β-unsaturated/α-hetero) is 1. The van der Waals surface area contributed by atoms with Crippen LogP contribution in [0.2, 0.25) is 0 Å². The Morgan fingerprint density at radius 3 is 2.63 bits per heavy atom. The van der Waals surface area contributed by atoms with Crippen molar-refractivity contribution in [3.05, 3.63) is 65.2 Å². The molecule has 0 atom stereocenters. The van der Waals surface area contributed by atoms with Gasteiger partial charge in [0.05, 0.1) is 0 Å². The van der Waals surface area contributed by atoms with Gasteiger partial charge in [0.15, 0.2) is 5.78 Å². The Labute approximate surface area is 167 Å². The molecule has 144 valence electrons. The number of carbonyl (C=O) groups excluding carboxylic acids is 2. The molecule has 1 heterocycles. The van der Waals surface area contributed by atoms with Gasteiger partial charge in [-0.3, -0.25) is 9.59 Å². The number of hydrogen-bond acceptors (Lipinski definition) is 3. The summed E-state index contributed by atoms with van der Waals surface area (Å²) in [7, 11) is 0. The molecular formula is C22H27ClN2O2. The largest absolute Gasteiger partial charge is 0.326 e. The predicted octanol–water partition coefficient (Wildman–Crippen LogP) is 4.18. The predicted molar refractivity (Wildman–Crippen MR) is 112 cm³/mol. The van der Waals surface area contributed by atoms with Crippen molar-refractivity contribution in [2.24, 2.45) is 0 Å². The second kappa shape index (κ2) is 10.9. The van der Waals surface area contributed by atoms with E-state index in [0.29, 0.717) is 19.3 Å². The highest BCUT2D eigenvalue weighted by molar-refractivity contribution is 5.98. The molecule has 1 aliphatic heterocycles. The molecular weight excluding hydrogens is 360 g/mol. The third kappa shape index (κ3) is 6.49. The lowest BCUT2D eigenvalue weighted by Crippen LogP contribution is -2.19. The summed E-state index contributed by atoms with van der Waals surface area (Å²) < 4.78 is 0. The van der Waals surface area contributed by atoms with E-state index >= 15 is 0 Å². The lowest BCUT2D eigenvalue weighted by atomic mass is 9.97. The Bertz CT molecular complexity index is 762. The molecule has 0 aromatic heterocycles. The van der Waals surface area contributed by atoms with Crippen molar-refractivity contribution in [3.8, 4) is 0 Å². The standard InChI is InChI=1S/C22H26N2O2.ClH/c25-21(19-9-11-20-18(16-19)10-12-22(26)24-20)8-4-5-14-23-15-13-17-6-2-1-3-7-17;/h1-3,6-7,9,11,16,23H,4-5,8,10,12-15H2,(H,24,26);1H. The molecule has 27 heavy (non-hydrogen) atoms. The second-order valence-electron chi connectivity index (χ2n) is 6.79. The van der Waals surface area contributed by atoms with E-state index < -0.39 is 0 Å². The van der Waals surface area contributed by atoms with Crippen LogP contribution in [0.5, 0.6) is 0 Å². The number of halogens is 1. The molecule has 1 amide bonds. The van der Waals surface area contributed by atoms with Crippen LogP contribution in [0.3, 0.4) is 0 Å². The second-order valence-corrected chi connectivity index (χ2v) is 6.79. The first kappa shape index (κ1) is 21.1. The number of unbranched alkanes of at least 4 members (excludes halogenated alkanes) is 1. The number of amides is 1. The quantitative estimate of drug-likeness (QED) is 0.502. The number of rotatable bonds is 9. The molecule has 4 nitrogen and oxygen atoms in total. The zero-order valence-corrected chi connectivity index (χ0v) is 16.3. The van der Waals surface area contributed by atoms with Gasteiger partial charge in [0.25, 0.3) is 0 Å². The molecule has 3 rings (SSSR count). The van der Waals surface area contributed by atoms with Gasteiger partial charge in [0, 0.05) is 24.1 Å². The summed E-state index contributed by atoms with van der Waals surface area (Å²) in [4.78, 5) is 23.8. The van der Waals surface area contributed by atoms with Crippen molar-refractivity contribution in [3.63, 3.8) is 0 Å². The van der Waals surface area contributed by atoms with Crippen LogP contribution in [0.25, 0.3) is 0 Å². The summed E-state index contributed by atoms with van der Waals surface area (Å²) in [5.41, 5.74) is 4.02. The highest BCUT2D eigenvalue weighted by atomic mass is 35.5. The van der Waals surface area contributed by atoms with Crippen molar-refractivity contribution in [2.45, 2.75) is 38.5 Å². The zero-order valence-electron chi connectivity index (χ0n) is 15.5. The summed E-state index contributed by atoms with van der Waals surface area (Å²) in [6, 6.07) is 16.1. The fourth-order valence-electron chi connectivity index (χ4n) is 3.24. The van der Waals surface area contributed by atoms with Gasteiger partial charge in [-0.05, 0) is 68.1 Å². The molecule has 0 saturated carbocycles. The third-order valence-electron chi connectivity index (χ3n) is 4.76. The number of ketones is 1. The Hall–Kier alpha value is -2.17. The molecule has 0 fully saturated rings. The van der Waals surface area contributed by atoms with Crippen LogP contribution in [0.15, 0.2) is 48.5 Å². The van der Waals surface area contributed by atoms with Gasteiger partial charge < -0.3 is 10.6 Å². The number of nitrogens with one attached hydrogen (secondary N) is 2. The number of benzene rings is 2. The van der Waals surface area contributed by atoms with Crippen molar-refractivity contribution >= 4 is 29.8 Å². The lowest BCUT2D eigenvalue weighted by Gasteiger charge is -2.17. The number of hydrogen-bond donors (Lipinski definition) is 2. The summed E-state index contributed by atoms with van der Waals surface area (Å²) >= 11 is 0. The molecule has 1 aliphatic rings. The van der Waals surface area contributed by atoms with E-state index in [1.165, 1.54) is 5.56 Å². The fourth-order valence-corrected chi connectivity index (χ4v) is 3.24. The molecule has 2 N–H and O–H groups in total. The minimum atomic E-state index is 0. The number of aryl methyl sites for hydroxylation is 1. The van der Waals surface area contributed by atoms with Crippen LogP contribution in [-0.2, 0) is 17.6 Å². The van der Waals surface area contributed by atoms with Gasteiger partial charge in [0.1, 0.15) is 0 Å². The Balaban J connectivity index is 0.00000261. The van der Waals surface area contributed by atoms with E-state index in [1.54, 1.807) is 0 Å². The monoisotopic (exact) mass is 386 g/mol. The maximum atomic E-state index is 12.4. The van der Waals surface area contributed by atoms with Crippen LogP contribution in [-0.4, -0.2) is 24.8 Å². The van der Waals surface area contributed by atoms with Gasteiger partial charge in [0.2, 0.25) is 5.91 Å². The van der Waals surface area contributed by atoms with Crippen LogP contribution >= 0.6 is 12.4 Å². The maximum absolute atomic E-state index is 12.4. The van der Waals surface area contributed by atoms with Gasteiger partial charge in [-0.1, -0.05) is 30.3 Å². The molecule has 0 spiro atoms. The van der Waals surface area contributed by atoms with Crippen molar-refractivity contribution < 1.29 is 9.59 Å². The van der Waals surface area contributed by atoms with E-state index in [2.05, 4.69) is 34.9 Å². The van der Waals surface area contributed by atoms with Crippen LogP contribution in [0.1, 0.15) is 47.2 Å². The Morgan fingerprint density at radius 2 is 1.81 bits per heavy atom. The maximum Gasteiger partial charge on any atom is 0.224 e. The van der Waals surface area contributed by atoms with Crippen molar-refractivity contribution in [2.75, 3.05) is 18.4 Å². The summed E-state index contributed by atoms with van der Waals surface area (Å²) in [6.45, 7) is 1.91. The van der Waals surface area contributed by atoms with Gasteiger partial charge in [-0.25, -0.2) is 0 Å². The molecule has 2 aromatic rings. The first-order chi connectivity index (χ1) is 12.7. The van der Waals surface area contributed by atoms with Gasteiger partial charge in [-0.2, -0.15) is 0 Å². The smallest absolute Gasteiger partial charge is 0.224 e. The minimum absolute atomic E-state index is 0. The SMILES string of the molecule is Cl.O=C1CCc2cc(C(=O)CCCCNCCc3ccccc3)ccc2N1. The molecule has 0 radical (unpaired) electrons. The highest BCUT2D eigenvalue weighted by Gasteiger charge is 2.16. The number of fused-ring (bicyclic) bond motifs is 1. The zero-order chi connectivity index (χ0) is 18.2. The average molecular weight is 387 g/mol. The molecule has 0 saturated heterocycles. The van der Waals surface area contributed by atoms with E-state index in [-0.39, 0.29) is 24.1 Å². The van der Waals surface area contributed by atoms with Crippen molar-refractivity contribution in [1.29, 1.82) is 0 Å². The first-order valence-electron chi connectivity index (χ1n) is 9.43. The topological polar surface area (TPSA) is 58.2 Å². The first-order valence-corrected chi connectivity index (χ1v) is 9.43. The van der Waals surface area contributed by atoms with Crippen LogP contribution in [0.4, 0.5) is 5.69 Å². The summed E-state index contributed by atoms with van der Waals surface area (Å²) in [6.07, 6.45) is 4.72. The molecule has 0 bridgehead atoms.